The number of nitrogens with two attached hydrogens (primary N) is 1. The third kappa shape index (κ3) is 5.34. The summed E-state index contributed by atoms with van der Waals surface area (Å²) in [4.78, 5) is 0. The van der Waals surface area contributed by atoms with Crippen molar-refractivity contribution >= 4 is 0 Å². The van der Waals surface area contributed by atoms with Gasteiger partial charge in [0, 0.05) is 18.1 Å². The van der Waals surface area contributed by atoms with Crippen LogP contribution in [0.3, 0.4) is 0 Å². The summed E-state index contributed by atoms with van der Waals surface area (Å²) in [6, 6.07) is 18.0. The van der Waals surface area contributed by atoms with Gasteiger partial charge < -0.3 is 20.3 Å². The lowest BCUT2D eigenvalue weighted by atomic mass is 9.63. The van der Waals surface area contributed by atoms with E-state index >= 15 is 0 Å². The van der Waals surface area contributed by atoms with Crippen LogP contribution in [-0.2, 0) is 17.7 Å². The van der Waals surface area contributed by atoms with E-state index in [1.54, 1.807) is 12.1 Å². The average Bonchev–Trinajstić information content (AvgIpc) is 2.66. The first-order valence-corrected chi connectivity index (χ1v) is 10.3. The zero-order valence-corrected chi connectivity index (χ0v) is 17.1. The molecule has 0 saturated carbocycles. The molecule has 1 aliphatic heterocycles. The van der Waals surface area contributed by atoms with Crippen molar-refractivity contribution in [3.63, 3.8) is 0 Å². The number of phenolic OH excluding ortho intramolecular Hbond substituents is 1. The number of ether oxygens (including phenoxy) is 1. The maximum atomic E-state index is 10.3. The summed E-state index contributed by atoms with van der Waals surface area (Å²) in [5.74, 6) is 0.497. The minimum absolute atomic E-state index is 0.0311. The largest absolute Gasteiger partial charge is 0.508 e. The number of hydrogen-bond acceptors (Lipinski definition) is 3. The molecule has 0 aromatic heterocycles. The lowest BCUT2D eigenvalue weighted by molar-refractivity contribution is -0.678. The summed E-state index contributed by atoms with van der Waals surface area (Å²) in [5, 5.41) is 22.1. The van der Waals surface area contributed by atoms with Gasteiger partial charge in [-0.25, -0.2) is 0 Å². The Bertz CT molecular complexity index is 729. The monoisotopic (exact) mass is 384 g/mol. The van der Waals surface area contributed by atoms with Crippen LogP contribution < -0.4 is 5.32 Å². The highest BCUT2D eigenvalue weighted by atomic mass is 16.5. The Morgan fingerprint density at radius 3 is 2.39 bits per heavy atom. The molecule has 4 N–H and O–H groups in total. The Hall–Kier alpha value is -1.88. The molecule has 0 unspecified atom stereocenters. The van der Waals surface area contributed by atoms with Crippen molar-refractivity contribution in [2.75, 3.05) is 19.8 Å². The van der Waals surface area contributed by atoms with Gasteiger partial charge in [-0.15, -0.1) is 0 Å². The summed E-state index contributed by atoms with van der Waals surface area (Å²) in [6.07, 6.45) is 2.90. The van der Waals surface area contributed by atoms with E-state index in [0.29, 0.717) is 5.75 Å². The van der Waals surface area contributed by atoms with Crippen LogP contribution in [0.25, 0.3) is 0 Å². The lowest BCUT2D eigenvalue weighted by Crippen LogP contribution is -2.85. The molecule has 1 heterocycles. The quantitative estimate of drug-likeness (QED) is 0.656. The molecule has 2 atom stereocenters. The molecular formula is C24H34NO3+. The van der Waals surface area contributed by atoms with Crippen molar-refractivity contribution in [2.24, 2.45) is 11.3 Å². The number of phenols is 1. The molecule has 0 amide bonds. The number of aromatic hydroxyl groups is 1. The summed E-state index contributed by atoms with van der Waals surface area (Å²) in [7, 11) is 0. The first kappa shape index (κ1) is 20.8. The van der Waals surface area contributed by atoms with Gasteiger partial charge >= 0.3 is 0 Å². The van der Waals surface area contributed by atoms with Crippen LogP contribution in [0, 0.1) is 11.3 Å². The Labute approximate surface area is 168 Å². The fourth-order valence-electron chi connectivity index (χ4n) is 4.77. The average molecular weight is 385 g/mol. The zero-order chi connectivity index (χ0) is 20.0. The molecule has 0 radical (unpaired) electrons. The fourth-order valence-corrected chi connectivity index (χ4v) is 4.77. The maximum absolute atomic E-state index is 10.3. The van der Waals surface area contributed by atoms with E-state index in [-0.39, 0.29) is 23.5 Å². The molecule has 4 nitrogen and oxygen atoms in total. The normalized spacial score (nSPS) is 22.7. The predicted molar refractivity (Wildman–Crippen MR) is 111 cm³/mol. The van der Waals surface area contributed by atoms with E-state index in [4.69, 9.17) is 4.74 Å². The third-order valence-corrected chi connectivity index (χ3v) is 6.12. The molecular weight excluding hydrogens is 350 g/mol. The SMILES string of the molecule is CC1(C)C[C@](Cc2ccccc2)([C@@H](CO)C[NH2+]Cc2ccc(O)cc2)CCO1. The first-order chi connectivity index (χ1) is 13.4. The Kier molecular flexibility index (Phi) is 6.76. The van der Waals surface area contributed by atoms with Crippen LogP contribution in [0.4, 0.5) is 0 Å². The highest BCUT2D eigenvalue weighted by Crippen LogP contribution is 2.46. The van der Waals surface area contributed by atoms with Gasteiger partial charge in [0.15, 0.2) is 0 Å². The van der Waals surface area contributed by atoms with E-state index in [1.165, 1.54) is 11.1 Å². The van der Waals surface area contributed by atoms with Gasteiger partial charge in [-0.05, 0) is 68.4 Å². The molecule has 0 aliphatic carbocycles. The van der Waals surface area contributed by atoms with Crippen LogP contribution in [0.15, 0.2) is 54.6 Å². The molecule has 1 fully saturated rings. The molecule has 0 spiro atoms. The number of hydrogen-bond donors (Lipinski definition) is 3. The third-order valence-electron chi connectivity index (χ3n) is 6.12. The van der Waals surface area contributed by atoms with Crippen molar-refractivity contribution in [1.82, 2.24) is 0 Å². The van der Waals surface area contributed by atoms with Crippen molar-refractivity contribution in [2.45, 2.75) is 45.3 Å². The van der Waals surface area contributed by atoms with Gasteiger partial charge in [0.2, 0.25) is 0 Å². The highest BCUT2D eigenvalue weighted by Gasteiger charge is 2.46. The Morgan fingerprint density at radius 2 is 1.75 bits per heavy atom. The van der Waals surface area contributed by atoms with E-state index in [2.05, 4.69) is 49.5 Å². The molecule has 3 rings (SSSR count). The molecule has 1 saturated heterocycles. The number of quaternary nitrogens is 1. The minimum Gasteiger partial charge on any atom is -0.508 e. The number of aliphatic hydroxyl groups excluding tert-OH is 1. The Morgan fingerprint density at radius 1 is 1.04 bits per heavy atom. The van der Waals surface area contributed by atoms with Crippen LogP contribution >= 0.6 is 0 Å². The van der Waals surface area contributed by atoms with Gasteiger partial charge in [0.05, 0.1) is 18.8 Å². The highest BCUT2D eigenvalue weighted by molar-refractivity contribution is 5.25. The second-order valence-electron chi connectivity index (χ2n) is 8.83. The van der Waals surface area contributed by atoms with Crippen molar-refractivity contribution in [3.05, 3.63) is 65.7 Å². The second-order valence-corrected chi connectivity index (χ2v) is 8.83. The summed E-state index contributed by atoms with van der Waals surface area (Å²) >= 11 is 0. The molecule has 4 heteroatoms. The molecule has 2 aromatic carbocycles. The number of benzene rings is 2. The maximum Gasteiger partial charge on any atom is 0.115 e. The van der Waals surface area contributed by atoms with Gasteiger partial charge in [-0.1, -0.05) is 30.3 Å². The van der Waals surface area contributed by atoms with Crippen molar-refractivity contribution < 1.29 is 20.3 Å². The second kappa shape index (κ2) is 9.08. The van der Waals surface area contributed by atoms with Gasteiger partial charge in [-0.3, -0.25) is 0 Å². The molecule has 2 aromatic rings. The van der Waals surface area contributed by atoms with Crippen LogP contribution in [0.1, 0.15) is 37.8 Å². The van der Waals surface area contributed by atoms with E-state index in [0.717, 1.165) is 39.0 Å². The summed E-state index contributed by atoms with van der Waals surface area (Å²) in [6.45, 7) is 6.99. The van der Waals surface area contributed by atoms with Crippen LogP contribution in [0.5, 0.6) is 5.75 Å². The van der Waals surface area contributed by atoms with Gasteiger partial charge in [0.1, 0.15) is 12.3 Å². The molecule has 28 heavy (non-hydrogen) atoms. The first-order valence-electron chi connectivity index (χ1n) is 10.3. The lowest BCUT2D eigenvalue weighted by Gasteiger charge is -2.48. The minimum atomic E-state index is -0.169. The smallest absolute Gasteiger partial charge is 0.115 e. The topological polar surface area (TPSA) is 66.3 Å². The van der Waals surface area contributed by atoms with E-state index in [9.17, 15) is 10.2 Å². The van der Waals surface area contributed by atoms with Crippen LogP contribution in [0.2, 0.25) is 0 Å². The zero-order valence-electron chi connectivity index (χ0n) is 17.1. The summed E-state index contributed by atoms with van der Waals surface area (Å²) < 4.78 is 6.02. The predicted octanol–water partition coefficient (Wildman–Crippen LogP) is 2.88. The van der Waals surface area contributed by atoms with Crippen molar-refractivity contribution in [3.8, 4) is 5.75 Å². The van der Waals surface area contributed by atoms with E-state index in [1.807, 2.05) is 12.1 Å². The van der Waals surface area contributed by atoms with Gasteiger partial charge in [0.25, 0.3) is 0 Å². The summed E-state index contributed by atoms with van der Waals surface area (Å²) in [5.41, 5.74) is 2.37. The standard InChI is InChI=1S/C24H33NO3/c1-23(2)18-24(12-13-28-23,14-19-6-4-3-5-7-19)21(17-26)16-25-15-20-8-10-22(27)11-9-20/h3-11,21,25-27H,12-18H2,1-2H3/p+1/t21-,24+/m1/s1. The van der Waals surface area contributed by atoms with Gasteiger partial charge in [-0.2, -0.15) is 0 Å². The number of rotatable bonds is 8. The number of aliphatic hydroxyl groups is 1. The Balaban J connectivity index is 1.73. The molecule has 152 valence electrons. The fraction of sp³-hybridized carbons (Fsp3) is 0.500. The molecule has 0 bridgehead atoms. The van der Waals surface area contributed by atoms with Crippen LogP contribution in [-0.4, -0.2) is 35.6 Å². The van der Waals surface area contributed by atoms with Crippen molar-refractivity contribution in [1.29, 1.82) is 0 Å². The molecule has 1 aliphatic rings. The van der Waals surface area contributed by atoms with E-state index < -0.39 is 0 Å².